The molecule has 0 saturated carbocycles. The van der Waals surface area contributed by atoms with E-state index in [1.165, 1.54) is 0 Å². The average Bonchev–Trinajstić information content (AvgIpc) is 3.55. The molecule has 48 heavy (non-hydrogen) atoms. The number of hydrogen-bond acceptors (Lipinski definition) is 4. The molecule has 0 N–H and O–H groups in total. The highest BCUT2D eigenvalue weighted by atomic mass is 19.2. The van der Waals surface area contributed by atoms with Crippen molar-refractivity contribution in [2.24, 2.45) is 20.0 Å². The molecule has 0 fully saturated rings. The maximum Gasteiger partial charge on any atom is 0.601 e. The van der Waals surface area contributed by atoms with Crippen molar-refractivity contribution in [3.63, 3.8) is 0 Å². The third-order valence-corrected chi connectivity index (χ3v) is 8.98. The predicted octanol–water partition coefficient (Wildman–Crippen LogP) is 7.10. The Hall–Kier alpha value is -5.93. The van der Waals surface area contributed by atoms with Crippen LogP contribution in [0.25, 0.3) is 43.1 Å². The Labute approximate surface area is 259 Å². The van der Waals surface area contributed by atoms with Crippen molar-refractivity contribution in [2.45, 2.75) is 0 Å². The summed E-state index contributed by atoms with van der Waals surface area (Å²) in [5.41, 5.74) is -1.21. The van der Waals surface area contributed by atoms with Gasteiger partial charge in [-0.2, -0.15) is 0 Å². The van der Waals surface area contributed by atoms with Crippen LogP contribution < -0.4 is 11.0 Å². The molecule has 0 spiro atoms. The zero-order valence-corrected chi connectivity index (χ0v) is 23.3. The van der Waals surface area contributed by atoms with E-state index >= 15 is 21.9 Å². The Morgan fingerprint density at radius 3 is 1.38 bits per heavy atom. The molecule has 0 amide bonds. The van der Waals surface area contributed by atoms with Gasteiger partial charge in [-0.05, 0) is 10.8 Å². The Bertz CT molecular complexity index is 2960. The molecule has 5 heterocycles. The fourth-order valence-corrected chi connectivity index (χ4v) is 6.96. The number of benzene rings is 5. The number of fused-ring (bicyclic) bond motifs is 9. The molecule has 0 saturated heterocycles. The highest BCUT2D eigenvalue weighted by Gasteiger charge is 2.42. The summed E-state index contributed by atoms with van der Waals surface area (Å²) in [4.78, 5) is 17.4. The number of halogens is 9. The average molecular weight is 658 g/mol. The first-order chi connectivity index (χ1) is 23.1. The topological polar surface area (TPSA) is 59.3 Å². The van der Waals surface area contributed by atoms with Crippen LogP contribution in [0.2, 0.25) is 0 Å². The molecule has 10 rings (SSSR count). The van der Waals surface area contributed by atoms with Crippen molar-refractivity contribution in [3.8, 4) is 0 Å². The summed E-state index contributed by atoms with van der Waals surface area (Å²) in [6.07, 6.45) is 0. The second-order valence-corrected chi connectivity index (χ2v) is 11.3. The van der Waals surface area contributed by atoms with E-state index in [2.05, 4.69) is 20.0 Å². The second-order valence-electron chi connectivity index (χ2n) is 11.3. The van der Waals surface area contributed by atoms with Gasteiger partial charge in [0.25, 0.3) is 0 Å². The van der Waals surface area contributed by atoms with Crippen molar-refractivity contribution in [2.75, 3.05) is 0 Å². The first-order valence-electron chi connectivity index (χ1n) is 14.1. The van der Waals surface area contributed by atoms with Crippen molar-refractivity contribution < 1.29 is 39.4 Å². The van der Waals surface area contributed by atoms with Gasteiger partial charge in [-0.1, -0.05) is 48.5 Å². The van der Waals surface area contributed by atoms with Crippen LogP contribution in [0.5, 0.6) is 0 Å². The molecule has 3 aliphatic heterocycles. The fraction of sp³-hybridized carbons (Fsp3) is 0. The van der Waals surface area contributed by atoms with E-state index in [-0.39, 0.29) is 22.8 Å². The van der Waals surface area contributed by atoms with Gasteiger partial charge in [-0.25, -0.2) is 55.1 Å². The number of aliphatic imine (C=N–C) groups is 2. The Kier molecular flexibility index (Phi) is 4.93. The van der Waals surface area contributed by atoms with Crippen molar-refractivity contribution in [1.82, 2.24) is 8.96 Å². The van der Waals surface area contributed by atoms with Gasteiger partial charge < -0.3 is 8.96 Å². The van der Waals surface area contributed by atoms with E-state index in [0.29, 0.717) is 30.5 Å². The van der Waals surface area contributed by atoms with Crippen LogP contribution in [0.1, 0.15) is 11.1 Å². The Morgan fingerprint density at radius 1 is 0.417 bits per heavy atom. The highest BCUT2D eigenvalue weighted by molar-refractivity contribution is 6.51. The molecular formula is C32H8BF9N6. The summed E-state index contributed by atoms with van der Waals surface area (Å²) in [6, 6.07) is 13.5. The van der Waals surface area contributed by atoms with Crippen molar-refractivity contribution in [1.29, 1.82) is 0 Å². The zero-order valence-electron chi connectivity index (χ0n) is 23.3. The predicted molar refractivity (Wildman–Crippen MR) is 157 cm³/mol. The van der Waals surface area contributed by atoms with Gasteiger partial charge in [0.2, 0.25) is 0 Å². The van der Waals surface area contributed by atoms with Crippen LogP contribution in [-0.4, -0.2) is 27.9 Å². The smallest absolute Gasteiger partial charge is 0.303 e. The minimum atomic E-state index is -2.78. The van der Waals surface area contributed by atoms with Crippen LogP contribution in [0.4, 0.5) is 51.1 Å². The number of nitrogens with zero attached hydrogens (tertiary/aromatic N) is 6. The van der Waals surface area contributed by atoms with E-state index in [4.69, 9.17) is 0 Å². The van der Waals surface area contributed by atoms with Gasteiger partial charge in [0.15, 0.2) is 58.2 Å². The maximum atomic E-state index is 17.1. The number of amidine groups is 2. The third-order valence-electron chi connectivity index (χ3n) is 8.98. The molecule has 2 aromatic heterocycles. The summed E-state index contributed by atoms with van der Waals surface area (Å²) in [6.45, 7) is 0. The van der Waals surface area contributed by atoms with E-state index in [1.54, 1.807) is 48.5 Å². The summed E-state index contributed by atoms with van der Waals surface area (Å²) in [5, 5.41) is -1.90. The van der Waals surface area contributed by atoms with E-state index in [9.17, 15) is 17.6 Å². The molecule has 6 nitrogen and oxygen atoms in total. The van der Waals surface area contributed by atoms with E-state index < -0.39 is 98.0 Å². The lowest BCUT2D eigenvalue weighted by molar-refractivity contribution is 0.418. The summed E-state index contributed by atoms with van der Waals surface area (Å²) >= 11 is 0. The summed E-state index contributed by atoms with van der Waals surface area (Å²) in [7, 11) is -2.78. The third kappa shape index (κ3) is 2.99. The lowest BCUT2D eigenvalue weighted by Crippen LogP contribution is -2.45. The minimum Gasteiger partial charge on any atom is -0.303 e. The lowest BCUT2D eigenvalue weighted by Gasteiger charge is -2.17. The van der Waals surface area contributed by atoms with Gasteiger partial charge in [0.1, 0.15) is 22.6 Å². The number of aromatic nitrogens is 2. The maximum absolute atomic E-state index is 17.1. The lowest BCUT2D eigenvalue weighted by atomic mass is 9.94. The fourth-order valence-electron chi connectivity index (χ4n) is 6.96. The molecule has 0 radical (unpaired) electrons. The van der Waals surface area contributed by atoms with Gasteiger partial charge in [0, 0.05) is 21.9 Å². The van der Waals surface area contributed by atoms with Crippen LogP contribution in [0.3, 0.4) is 0 Å². The van der Waals surface area contributed by atoms with E-state index in [1.807, 2.05) is 0 Å². The summed E-state index contributed by atoms with van der Waals surface area (Å²) in [5.74, 6) is -19.2. The molecule has 5 aromatic carbocycles. The molecule has 0 unspecified atom stereocenters. The van der Waals surface area contributed by atoms with Gasteiger partial charge in [0.05, 0.1) is 21.5 Å². The number of hydrogen-bond donors (Lipinski definition) is 0. The first kappa shape index (κ1) is 27.2. The SMILES string of the molecule is FB1n2c3c4c(F)c(F)c(F)c(F)c4c2N=c2c4c(F)c(F)c(F)c(F)c4c(n21)=NC1=NC(=N3)c2cccc3ccc4cccc1c4c23. The first-order valence-corrected chi connectivity index (χ1v) is 14.1. The summed E-state index contributed by atoms with van der Waals surface area (Å²) < 4.78 is 139. The molecular weight excluding hydrogens is 650 g/mol. The molecule has 232 valence electrons. The standard InChI is InChI=1S/C32H8BF9N6/c34-19-15-17(21(36)25(40)23(19)38)31-46-32-18-16(20(35)24(39)26(41)22(18)37)30-45-28-12-6-2-4-10-8-7-9-3-1-5-11(13(9)14(10)12)27(43-28)44-29(15)47(31)33(42)48(30)32/h1-8H. The molecule has 3 aliphatic rings. The molecule has 0 aliphatic carbocycles. The largest absolute Gasteiger partial charge is 0.601 e. The van der Waals surface area contributed by atoms with Gasteiger partial charge >= 0.3 is 7.26 Å². The minimum absolute atomic E-state index is 0.276. The van der Waals surface area contributed by atoms with E-state index in [0.717, 1.165) is 0 Å². The van der Waals surface area contributed by atoms with Crippen LogP contribution >= 0.6 is 0 Å². The molecule has 0 atom stereocenters. The van der Waals surface area contributed by atoms with Gasteiger partial charge in [-0.15, -0.1) is 0 Å². The molecule has 7 aromatic rings. The van der Waals surface area contributed by atoms with Crippen LogP contribution in [0.15, 0.2) is 68.5 Å². The second kappa shape index (κ2) is 8.70. The molecule has 4 bridgehead atoms. The Balaban J connectivity index is 1.56. The van der Waals surface area contributed by atoms with Crippen LogP contribution in [-0.2, 0) is 0 Å². The van der Waals surface area contributed by atoms with Gasteiger partial charge in [-0.3, -0.25) is 4.32 Å². The van der Waals surface area contributed by atoms with Crippen molar-refractivity contribution in [3.05, 3.63) is 117 Å². The van der Waals surface area contributed by atoms with Crippen LogP contribution in [0, 0.1) is 46.5 Å². The monoisotopic (exact) mass is 658 g/mol. The quantitative estimate of drug-likeness (QED) is 0.0549. The zero-order chi connectivity index (χ0) is 33.1. The number of rotatable bonds is 0. The van der Waals surface area contributed by atoms with Crippen molar-refractivity contribution >= 4 is 73.7 Å². The normalized spacial score (nSPS) is 14.5. The Morgan fingerprint density at radius 2 is 0.854 bits per heavy atom. The molecule has 16 heteroatoms. The highest BCUT2D eigenvalue weighted by Crippen LogP contribution is 2.45.